The van der Waals surface area contributed by atoms with Gasteiger partial charge in [-0.1, -0.05) is 0 Å². The van der Waals surface area contributed by atoms with E-state index < -0.39 is 0 Å². The van der Waals surface area contributed by atoms with E-state index in [1.165, 1.54) is 0 Å². The SMILES string of the molecule is CN(C)CCCN(CCCN(C)C)C(=O)c1ccc(Br)o1. The van der Waals surface area contributed by atoms with Gasteiger partial charge < -0.3 is 19.1 Å². The van der Waals surface area contributed by atoms with E-state index in [9.17, 15) is 4.79 Å². The highest BCUT2D eigenvalue weighted by molar-refractivity contribution is 9.10. The molecule has 5 nitrogen and oxygen atoms in total. The van der Waals surface area contributed by atoms with Crippen molar-refractivity contribution < 1.29 is 9.21 Å². The molecule has 0 spiro atoms. The summed E-state index contributed by atoms with van der Waals surface area (Å²) >= 11 is 3.24. The Hall–Kier alpha value is -0.850. The molecule has 0 unspecified atom stereocenters. The van der Waals surface area contributed by atoms with E-state index in [0.717, 1.165) is 39.0 Å². The lowest BCUT2D eigenvalue weighted by Gasteiger charge is -2.23. The van der Waals surface area contributed by atoms with E-state index >= 15 is 0 Å². The Bertz CT molecular complexity index is 418. The topological polar surface area (TPSA) is 39.9 Å². The molecule has 0 bridgehead atoms. The van der Waals surface area contributed by atoms with Gasteiger partial charge in [0.25, 0.3) is 5.91 Å². The normalized spacial score (nSPS) is 11.4. The molecule has 0 N–H and O–H groups in total. The summed E-state index contributed by atoms with van der Waals surface area (Å²) in [4.78, 5) is 18.6. The molecule has 1 aromatic rings. The summed E-state index contributed by atoms with van der Waals surface area (Å²) in [7, 11) is 8.17. The van der Waals surface area contributed by atoms with Gasteiger partial charge >= 0.3 is 0 Å². The van der Waals surface area contributed by atoms with Crippen molar-refractivity contribution in [2.75, 3.05) is 54.4 Å². The van der Waals surface area contributed by atoms with Gasteiger partial charge in [-0.05, 0) is 82.2 Å². The molecular formula is C15H26BrN3O2. The number of amides is 1. The third-order valence-corrected chi connectivity index (χ3v) is 3.56. The largest absolute Gasteiger partial charge is 0.444 e. The van der Waals surface area contributed by atoms with Crippen LogP contribution >= 0.6 is 15.9 Å². The Morgan fingerprint density at radius 3 is 1.90 bits per heavy atom. The molecular weight excluding hydrogens is 334 g/mol. The highest BCUT2D eigenvalue weighted by Gasteiger charge is 2.18. The van der Waals surface area contributed by atoms with Crippen molar-refractivity contribution in [3.8, 4) is 0 Å². The average molecular weight is 360 g/mol. The summed E-state index contributed by atoms with van der Waals surface area (Å²) in [6.45, 7) is 3.45. The van der Waals surface area contributed by atoms with E-state index in [1.807, 2.05) is 33.1 Å². The smallest absolute Gasteiger partial charge is 0.289 e. The molecule has 0 saturated carbocycles. The van der Waals surface area contributed by atoms with Gasteiger partial charge in [0, 0.05) is 13.1 Å². The van der Waals surface area contributed by atoms with Gasteiger partial charge in [0.05, 0.1) is 0 Å². The van der Waals surface area contributed by atoms with Gasteiger partial charge in [0.15, 0.2) is 10.4 Å². The third kappa shape index (κ3) is 7.11. The highest BCUT2D eigenvalue weighted by Crippen LogP contribution is 2.16. The maximum absolute atomic E-state index is 12.5. The Morgan fingerprint density at radius 1 is 1.00 bits per heavy atom. The average Bonchev–Trinajstić information content (AvgIpc) is 2.82. The molecule has 0 atom stereocenters. The van der Waals surface area contributed by atoms with E-state index in [4.69, 9.17) is 4.42 Å². The van der Waals surface area contributed by atoms with Crippen molar-refractivity contribution >= 4 is 21.8 Å². The molecule has 1 amide bonds. The third-order valence-electron chi connectivity index (χ3n) is 3.14. The molecule has 0 aliphatic heterocycles. The standard InChI is InChI=1S/C15H26BrN3O2/c1-17(2)9-5-11-19(12-6-10-18(3)4)15(20)13-7-8-14(16)21-13/h7-8H,5-6,9-12H2,1-4H3. The van der Waals surface area contributed by atoms with E-state index in [2.05, 4.69) is 25.7 Å². The number of carbonyl (C=O) groups excluding carboxylic acids is 1. The van der Waals surface area contributed by atoms with Crippen LogP contribution in [0.15, 0.2) is 21.2 Å². The second-order valence-electron chi connectivity index (χ2n) is 5.71. The molecule has 1 aromatic heterocycles. The van der Waals surface area contributed by atoms with Crippen LogP contribution in [-0.2, 0) is 0 Å². The molecule has 0 aromatic carbocycles. The minimum Gasteiger partial charge on any atom is -0.444 e. The minimum atomic E-state index is -0.0294. The monoisotopic (exact) mass is 359 g/mol. The van der Waals surface area contributed by atoms with Crippen molar-refractivity contribution in [3.63, 3.8) is 0 Å². The predicted molar refractivity (Wildman–Crippen MR) is 88.7 cm³/mol. The number of hydrogen-bond acceptors (Lipinski definition) is 4. The van der Waals surface area contributed by atoms with Crippen molar-refractivity contribution in [3.05, 3.63) is 22.6 Å². The molecule has 0 fully saturated rings. The minimum absolute atomic E-state index is 0.0294. The number of carbonyl (C=O) groups is 1. The summed E-state index contributed by atoms with van der Waals surface area (Å²) in [5.41, 5.74) is 0. The predicted octanol–water partition coefficient (Wildman–Crippen LogP) is 2.39. The second-order valence-corrected chi connectivity index (χ2v) is 6.49. The summed E-state index contributed by atoms with van der Waals surface area (Å²) < 4.78 is 5.98. The van der Waals surface area contributed by atoms with Crippen LogP contribution in [0.5, 0.6) is 0 Å². The van der Waals surface area contributed by atoms with Crippen LogP contribution in [0.2, 0.25) is 0 Å². The molecule has 120 valence electrons. The van der Waals surface area contributed by atoms with Crippen molar-refractivity contribution in [2.24, 2.45) is 0 Å². The Labute approximate surface area is 136 Å². The van der Waals surface area contributed by atoms with Gasteiger partial charge in [0.1, 0.15) is 0 Å². The fraction of sp³-hybridized carbons (Fsp3) is 0.667. The van der Waals surface area contributed by atoms with E-state index in [1.54, 1.807) is 12.1 Å². The zero-order valence-electron chi connectivity index (χ0n) is 13.4. The summed E-state index contributed by atoms with van der Waals surface area (Å²) in [6.07, 6.45) is 1.92. The number of furan rings is 1. The van der Waals surface area contributed by atoms with Crippen LogP contribution < -0.4 is 0 Å². The number of hydrogen-bond donors (Lipinski definition) is 0. The maximum atomic E-state index is 12.5. The van der Waals surface area contributed by atoms with Crippen LogP contribution in [0.1, 0.15) is 23.4 Å². The summed E-state index contributed by atoms with van der Waals surface area (Å²) in [6, 6.07) is 3.47. The molecule has 6 heteroatoms. The van der Waals surface area contributed by atoms with Gasteiger partial charge in [0.2, 0.25) is 0 Å². The fourth-order valence-corrected chi connectivity index (χ4v) is 2.36. The molecule has 0 radical (unpaired) electrons. The first-order valence-electron chi connectivity index (χ1n) is 7.24. The first-order chi connectivity index (χ1) is 9.90. The van der Waals surface area contributed by atoms with Crippen LogP contribution in [0.3, 0.4) is 0 Å². The molecule has 21 heavy (non-hydrogen) atoms. The van der Waals surface area contributed by atoms with Crippen molar-refractivity contribution in [1.82, 2.24) is 14.7 Å². The van der Waals surface area contributed by atoms with Gasteiger partial charge in [-0.25, -0.2) is 0 Å². The van der Waals surface area contributed by atoms with Crippen molar-refractivity contribution in [1.29, 1.82) is 0 Å². The number of nitrogens with zero attached hydrogens (tertiary/aromatic N) is 3. The van der Waals surface area contributed by atoms with E-state index in [-0.39, 0.29) is 5.91 Å². The van der Waals surface area contributed by atoms with Crippen LogP contribution in [0, 0.1) is 0 Å². The van der Waals surface area contributed by atoms with Crippen LogP contribution in [0.4, 0.5) is 0 Å². The fourth-order valence-electron chi connectivity index (χ4n) is 2.06. The Morgan fingerprint density at radius 2 is 1.52 bits per heavy atom. The second kappa shape index (κ2) is 9.23. The van der Waals surface area contributed by atoms with Crippen molar-refractivity contribution in [2.45, 2.75) is 12.8 Å². The molecule has 0 saturated heterocycles. The Kier molecular flexibility index (Phi) is 8.00. The summed E-state index contributed by atoms with van der Waals surface area (Å²) in [5.74, 6) is 0.370. The first-order valence-corrected chi connectivity index (χ1v) is 8.03. The van der Waals surface area contributed by atoms with Gasteiger partial charge in [-0.15, -0.1) is 0 Å². The quantitative estimate of drug-likeness (QED) is 0.678. The summed E-state index contributed by atoms with van der Waals surface area (Å²) in [5, 5.41) is 0. The zero-order valence-corrected chi connectivity index (χ0v) is 15.0. The molecule has 1 rings (SSSR count). The maximum Gasteiger partial charge on any atom is 0.289 e. The van der Waals surface area contributed by atoms with Gasteiger partial charge in [-0.3, -0.25) is 4.79 Å². The van der Waals surface area contributed by atoms with Crippen LogP contribution in [0.25, 0.3) is 0 Å². The zero-order chi connectivity index (χ0) is 15.8. The van der Waals surface area contributed by atoms with Gasteiger partial charge in [-0.2, -0.15) is 0 Å². The first kappa shape index (κ1) is 18.2. The highest BCUT2D eigenvalue weighted by atomic mass is 79.9. The lowest BCUT2D eigenvalue weighted by atomic mass is 10.3. The van der Waals surface area contributed by atoms with Crippen LogP contribution in [-0.4, -0.2) is 75.0 Å². The Balaban J connectivity index is 2.59. The molecule has 1 heterocycles. The van der Waals surface area contributed by atoms with E-state index in [0.29, 0.717) is 10.4 Å². The number of halogens is 1. The number of rotatable bonds is 9. The molecule has 0 aliphatic rings. The lowest BCUT2D eigenvalue weighted by molar-refractivity contribution is 0.0711. The molecule has 0 aliphatic carbocycles. The lowest BCUT2D eigenvalue weighted by Crippen LogP contribution is -2.35.